The average Bonchev–Trinajstić information content (AvgIpc) is 3.36. The van der Waals surface area contributed by atoms with Gasteiger partial charge in [-0.25, -0.2) is 24.1 Å². The topological polar surface area (TPSA) is 66.2 Å². The van der Waals surface area contributed by atoms with E-state index in [1.807, 2.05) is 17.0 Å². The van der Waals surface area contributed by atoms with Crippen molar-refractivity contribution in [2.24, 2.45) is 0 Å². The number of hydrogen-bond donors (Lipinski definition) is 0. The van der Waals surface area contributed by atoms with E-state index in [4.69, 9.17) is 11.3 Å². The predicted molar refractivity (Wildman–Crippen MR) is 167 cm³/mol. The van der Waals surface area contributed by atoms with Gasteiger partial charge in [-0.3, -0.25) is 9.69 Å². The summed E-state index contributed by atoms with van der Waals surface area (Å²) >= 11 is 0. The lowest BCUT2D eigenvalue weighted by Crippen LogP contribution is -2.60. The molecular weight excluding hydrogens is 600 g/mol. The molecule has 242 valence electrons. The first-order valence-corrected chi connectivity index (χ1v) is 15.6. The van der Waals surface area contributed by atoms with Crippen molar-refractivity contribution in [3.05, 3.63) is 70.8 Å². The number of likely N-dealkylation sites (N-methyl/N-ethyl adjacent to an activating group) is 1. The summed E-state index contributed by atoms with van der Waals surface area (Å²) in [5.41, 5.74) is 2.17. The molecule has 3 aromatic rings. The van der Waals surface area contributed by atoms with Crippen LogP contribution in [0.15, 0.2) is 36.7 Å². The van der Waals surface area contributed by atoms with Crippen LogP contribution < -0.4 is 9.64 Å². The molecule has 4 atom stereocenters. The summed E-state index contributed by atoms with van der Waals surface area (Å²) in [6.07, 6.45) is 2.77. The van der Waals surface area contributed by atoms with Crippen LogP contribution in [0.25, 0.3) is 26.9 Å². The van der Waals surface area contributed by atoms with Crippen molar-refractivity contribution < 1.29 is 27.1 Å². The Kier molecular flexibility index (Phi) is 8.88. The van der Waals surface area contributed by atoms with Crippen molar-refractivity contribution in [2.45, 2.75) is 63.3 Å². The van der Waals surface area contributed by atoms with Crippen LogP contribution in [-0.4, -0.2) is 89.8 Å². The first-order chi connectivity index (χ1) is 22.1. The van der Waals surface area contributed by atoms with Crippen LogP contribution in [0.3, 0.4) is 0 Å². The number of aryl methyl sites for hydroxylation is 1. The van der Waals surface area contributed by atoms with Gasteiger partial charge in [0.25, 0.3) is 5.91 Å². The minimum Gasteiger partial charge on any atom is -0.462 e. The molecule has 12 heteroatoms. The number of anilines is 1. The van der Waals surface area contributed by atoms with Crippen LogP contribution >= 0.6 is 0 Å². The molecule has 2 aliphatic heterocycles. The van der Waals surface area contributed by atoms with Crippen molar-refractivity contribution >= 4 is 22.6 Å². The van der Waals surface area contributed by atoms with Crippen LogP contribution in [0.5, 0.6) is 6.01 Å². The second kappa shape index (κ2) is 12.9. The lowest BCUT2D eigenvalue weighted by atomic mass is 9.85. The number of halogens is 4. The van der Waals surface area contributed by atoms with Crippen molar-refractivity contribution in [2.75, 3.05) is 44.7 Å². The Morgan fingerprint density at radius 1 is 1.15 bits per heavy atom. The van der Waals surface area contributed by atoms with Gasteiger partial charge in [-0.15, -0.1) is 0 Å². The summed E-state index contributed by atoms with van der Waals surface area (Å²) in [5.74, 6) is -3.49. The molecule has 1 aromatic heterocycles. The van der Waals surface area contributed by atoms with Gasteiger partial charge in [-0.2, -0.15) is 9.97 Å². The second-order valence-corrected chi connectivity index (χ2v) is 12.5. The summed E-state index contributed by atoms with van der Waals surface area (Å²) in [4.78, 5) is 30.0. The third-order valence-electron chi connectivity index (χ3n) is 9.46. The van der Waals surface area contributed by atoms with Gasteiger partial charge in [0.05, 0.1) is 5.56 Å². The van der Waals surface area contributed by atoms with Gasteiger partial charge in [0.1, 0.15) is 36.0 Å². The number of amides is 1. The van der Waals surface area contributed by atoms with E-state index in [0.29, 0.717) is 12.0 Å². The molecular formula is C34H36F4N6O2. The first kappa shape index (κ1) is 31.7. The van der Waals surface area contributed by atoms with E-state index in [9.17, 15) is 13.6 Å². The molecule has 1 amide bonds. The number of rotatable bonds is 7. The third-order valence-corrected chi connectivity index (χ3v) is 9.46. The number of alkyl halides is 1. The lowest BCUT2D eigenvalue weighted by molar-refractivity contribution is -0.131. The van der Waals surface area contributed by atoms with Crippen molar-refractivity contribution in [3.8, 4) is 17.1 Å². The summed E-state index contributed by atoms with van der Waals surface area (Å²) in [5, 5.41) is 0.0980. The predicted octanol–water partition coefficient (Wildman–Crippen LogP) is 5.68. The largest absolute Gasteiger partial charge is 0.462 e. The normalized spacial score (nSPS) is 23.3. The number of carbonyl (C=O) groups excluding carboxylic acids is 1. The van der Waals surface area contributed by atoms with Gasteiger partial charge in [0, 0.05) is 37.1 Å². The number of piperazine rings is 1. The highest BCUT2D eigenvalue weighted by atomic mass is 19.1. The summed E-state index contributed by atoms with van der Waals surface area (Å²) < 4.78 is 66.8. The zero-order valence-electron chi connectivity index (χ0n) is 25.9. The molecule has 6 rings (SSSR count). The van der Waals surface area contributed by atoms with Crippen LogP contribution in [0, 0.1) is 18.2 Å². The zero-order chi connectivity index (χ0) is 32.7. The summed E-state index contributed by atoms with van der Waals surface area (Å²) in [6.45, 7) is 12.6. The van der Waals surface area contributed by atoms with Gasteiger partial charge in [0.2, 0.25) is 6.54 Å². The molecule has 0 radical (unpaired) electrons. The fraction of sp³-hybridized carbons (Fsp3) is 0.471. The van der Waals surface area contributed by atoms with Gasteiger partial charge in [0.15, 0.2) is 11.6 Å². The molecule has 3 aliphatic rings. The van der Waals surface area contributed by atoms with Gasteiger partial charge < -0.3 is 19.4 Å². The van der Waals surface area contributed by atoms with Crippen molar-refractivity contribution in [1.82, 2.24) is 19.8 Å². The maximum Gasteiger partial charge on any atom is 0.319 e. The first-order valence-electron chi connectivity index (χ1n) is 15.6. The van der Waals surface area contributed by atoms with Gasteiger partial charge in [-0.1, -0.05) is 24.8 Å². The van der Waals surface area contributed by atoms with Crippen LogP contribution in [0.4, 0.5) is 23.4 Å². The smallest absolute Gasteiger partial charge is 0.319 e. The SMILES string of the molecule is [C-]#[N+]C[C@H]1CN(c2nc(OC[C@@H]3C[C@@H](F)CN3C)nc3c(F)c(-c4cccc5c4CCCC5)c(F)cc23)[C@@H](C)CN1C(=O)C(=C)F. The summed E-state index contributed by atoms with van der Waals surface area (Å²) in [7, 11) is 1.79. The molecule has 8 nitrogen and oxygen atoms in total. The number of likely N-dealkylation sites (tertiary alicyclic amines) is 1. The molecule has 2 aromatic carbocycles. The minimum absolute atomic E-state index is 0.0214. The average molecular weight is 637 g/mol. The number of benzene rings is 2. The van der Waals surface area contributed by atoms with Crippen LogP contribution in [0.1, 0.15) is 37.3 Å². The molecule has 46 heavy (non-hydrogen) atoms. The van der Waals surface area contributed by atoms with Crippen molar-refractivity contribution in [3.63, 3.8) is 0 Å². The zero-order valence-corrected chi connectivity index (χ0v) is 25.9. The van der Waals surface area contributed by atoms with E-state index in [2.05, 4.69) is 21.4 Å². The molecule has 2 saturated heterocycles. The van der Waals surface area contributed by atoms with Crippen LogP contribution in [0.2, 0.25) is 0 Å². The molecule has 3 heterocycles. The van der Waals surface area contributed by atoms with E-state index in [-0.39, 0.29) is 73.5 Å². The highest BCUT2D eigenvalue weighted by molar-refractivity contribution is 5.95. The Balaban J connectivity index is 1.47. The Morgan fingerprint density at radius 3 is 2.65 bits per heavy atom. The van der Waals surface area contributed by atoms with Crippen molar-refractivity contribution in [1.29, 1.82) is 0 Å². The van der Waals surface area contributed by atoms with Gasteiger partial charge >= 0.3 is 6.01 Å². The fourth-order valence-electron chi connectivity index (χ4n) is 7.08. The number of carbonyl (C=O) groups is 1. The monoisotopic (exact) mass is 636 g/mol. The highest BCUT2D eigenvalue weighted by Crippen LogP contribution is 2.40. The second-order valence-electron chi connectivity index (χ2n) is 12.5. The Morgan fingerprint density at radius 2 is 1.93 bits per heavy atom. The Bertz CT molecular complexity index is 1730. The Labute approximate surface area is 265 Å². The molecule has 0 saturated carbocycles. The fourth-order valence-corrected chi connectivity index (χ4v) is 7.08. The standard InChI is InChI=1S/C34H36F4N6O2/c1-19-15-44(33(45)20(2)35)24(14-39-3)17-43(19)32-27-13-28(37)29(26-11-7-9-21-8-5-6-10-25(21)26)30(38)31(27)40-34(41-32)46-18-23-12-22(36)16-42(23)4/h7,9,11,13,19,22-24H,2,5-6,8,10,12,14-18H2,1,4H3/t19-,22+,23-,24-/m0/s1. The molecule has 0 bridgehead atoms. The van der Waals surface area contributed by atoms with E-state index >= 15 is 8.78 Å². The van der Waals surface area contributed by atoms with E-state index in [0.717, 1.165) is 30.4 Å². The van der Waals surface area contributed by atoms with Crippen LogP contribution in [-0.2, 0) is 17.6 Å². The number of ether oxygens (including phenoxy) is 1. The van der Waals surface area contributed by atoms with E-state index in [1.54, 1.807) is 24.9 Å². The quantitative estimate of drug-likeness (QED) is 0.189. The van der Waals surface area contributed by atoms with E-state index in [1.165, 1.54) is 11.0 Å². The number of fused-ring (bicyclic) bond motifs is 2. The molecule has 0 unspecified atom stereocenters. The number of nitrogens with zero attached hydrogens (tertiary/aromatic N) is 6. The highest BCUT2D eigenvalue weighted by Gasteiger charge is 2.39. The molecule has 0 N–H and O–H groups in total. The number of aromatic nitrogens is 2. The Hall–Kier alpha value is -4.24. The number of hydrogen-bond acceptors (Lipinski definition) is 6. The molecule has 1 aliphatic carbocycles. The molecule has 0 spiro atoms. The van der Waals surface area contributed by atoms with Gasteiger partial charge in [-0.05, 0) is 68.8 Å². The minimum atomic E-state index is -1.13. The maximum absolute atomic E-state index is 16.7. The third kappa shape index (κ3) is 5.88. The van der Waals surface area contributed by atoms with E-state index < -0.39 is 41.6 Å². The summed E-state index contributed by atoms with van der Waals surface area (Å²) in [6, 6.07) is 5.13. The molecule has 2 fully saturated rings. The maximum atomic E-state index is 16.7. The lowest BCUT2D eigenvalue weighted by Gasteiger charge is -2.44.